The van der Waals surface area contributed by atoms with Crippen molar-refractivity contribution in [1.29, 1.82) is 0 Å². The molecule has 1 nitrogen and oxygen atoms in total. The maximum atomic E-state index is 12.9. The molecule has 1 aromatic rings. The van der Waals surface area contributed by atoms with E-state index in [0.717, 1.165) is 24.8 Å². The lowest BCUT2D eigenvalue weighted by Gasteiger charge is -2.27. The van der Waals surface area contributed by atoms with Gasteiger partial charge < -0.3 is 5.11 Å². The minimum absolute atomic E-state index is 0.240. The molecule has 1 aliphatic carbocycles. The summed E-state index contributed by atoms with van der Waals surface area (Å²) >= 11 is 0. The highest BCUT2D eigenvalue weighted by molar-refractivity contribution is 5.21. The van der Waals surface area contributed by atoms with Crippen LogP contribution in [0.25, 0.3) is 0 Å². The van der Waals surface area contributed by atoms with Gasteiger partial charge in [0, 0.05) is 6.42 Å². The summed E-state index contributed by atoms with van der Waals surface area (Å²) in [6, 6.07) is 6.44. The molecular formula is C13H15FO. The monoisotopic (exact) mass is 206 g/mol. The molecule has 80 valence electrons. The van der Waals surface area contributed by atoms with E-state index in [-0.39, 0.29) is 5.82 Å². The van der Waals surface area contributed by atoms with Gasteiger partial charge in [0.25, 0.3) is 0 Å². The first-order valence-electron chi connectivity index (χ1n) is 5.32. The molecule has 2 heteroatoms. The van der Waals surface area contributed by atoms with Gasteiger partial charge in [-0.25, -0.2) is 4.39 Å². The molecule has 15 heavy (non-hydrogen) atoms. The fourth-order valence-electron chi connectivity index (χ4n) is 2.06. The fraction of sp³-hybridized carbons (Fsp3) is 0.385. The van der Waals surface area contributed by atoms with E-state index >= 15 is 0 Å². The first kappa shape index (κ1) is 10.4. The Kier molecular flexibility index (Phi) is 2.87. The molecule has 1 unspecified atom stereocenters. The molecule has 0 aromatic heterocycles. The van der Waals surface area contributed by atoms with Gasteiger partial charge >= 0.3 is 0 Å². The van der Waals surface area contributed by atoms with Crippen LogP contribution in [0, 0.1) is 5.82 Å². The lowest BCUT2D eigenvalue weighted by atomic mass is 9.85. The Balaban J connectivity index is 2.14. The van der Waals surface area contributed by atoms with E-state index in [1.54, 1.807) is 6.07 Å². The van der Waals surface area contributed by atoms with Crippen molar-refractivity contribution in [2.45, 2.75) is 31.3 Å². The van der Waals surface area contributed by atoms with Crippen molar-refractivity contribution in [2.75, 3.05) is 0 Å². The van der Waals surface area contributed by atoms with Crippen molar-refractivity contribution in [3.05, 3.63) is 47.8 Å². The van der Waals surface area contributed by atoms with Gasteiger partial charge in [-0.05, 0) is 37.0 Å². The molecule has 0 heterocycles. The highest BCUT2D eigenvalue weighted by Crippen LogP contribution is 2.26. The quantitative estimate of drug-likeness (QED) is 0.738. The third-order valence-corrected chi connectivity index (χ3v) is 2.81. The van der Waals surface area contributed by atoms with Gasteiger partial charge in [0.1, 0.15) is 5.82 Å². The number of benzene rings is 1. The molecule has 0 saturated heterocycles. The summed E-state index contributed by atoms with van der Waals surface area (Å²) in [4.78, 5) is 0. The number of halogens is 1. The molecule has 1 N–H and O–H groups in total. The second-order valence-corrected chi connectivity index (χ2v) is 4.20. The van der Waals surface area contributed by atoms with Crippen LogP contribution < -0.4 is 0 Å². The zero-order valence-electron chi connectivity index (χ0n) is 8.62. The molecule has 0 spiro atoms. The van der Waals surface area contributed by atoms with Crippen molar-refractivity contribution in [2.24, 2.45) is 0 Å². The Hall–Kier alpha value is -1.15. The third-order valence-electron chi connectivity index (χ3n) is 2.81. The van der Waals surface area contributed by atoms with E-state index in [0.29, 0.717) is 6.42 Å². The van der Waals surface area contributed by atoms with Crippen LogP contribution in [-0.4, -0.2) is 10.7 Å². The molecule has 0 amide bonds. The molecule has 1 atom stereocenters. The zero-order chi connectivity index (χ0) is 10.7. The van der Waals surface area contributed by atoms with E-state index in [2.05, 4.69) is 0 Å². The number of aliphatic hydroxyl groups is 1. The van der Waals surface area contributed by atoms with Crippen molar-refractivity contribution in [1.82, 2.24) is 0 Å². The predicted octanol–water partition coefficient (Wildman–Crippen LogP) is 2.84. The van der Waals surface area contributed by atoms with Crippen molar-refractivity contribution in [3.63, 3.8) is 0 Å². The lowest BCUT2D eigenvalue weighted by Crippen LogP contribution is -2.30. The average Bonchev–Trinajstić information content (AvgIpc) is 2.18. The Bertz CT molecular complexity index is 373. The van der Waals surface area contributed by atoms with E-state index in [9.17, 15) is 9.50 Å². The van der Waals surface area contributed by atoms with Crippen LogP contribution in [0.1, 0.15) is 24.8 Å². The summed E-state index contributed by atoms with van der Waals surface area (Å²) in [7, 11) is 0. The summed E-state index contributed by atoms with van der Waals surface area (Å²) < 4.78 is 12.9. The van der Waals surface area contributed by atoms with Gasteiger partial charge in [0.15, 0.2) is 0 Å². The van der Waals surface area contributed by atoms with Gasteiger partial charge in [0.05, 0.1) is 5.60 Å². The Morgan fingerprint density at radius 1 is 1.40 bits per heavy atom. The fourth-order valence-corrected chi connectivity index (χ4v) is 2.06. The molecular weight excluding hydrogens is 191 g/mol. The molecule has 0 fully saturated rings. The van der Waals surface area contributed by atoms with E-state index in [1.807, 2.05) is 18.2 Å². The van der Waals surface area contributed by atoms with Gasteiger partial charge in [-0.3, -0.25) is 0 Å². The second-order valence-electron chi connectivity index (χ2n) is 4.20. The van der Waals surface area contributed by atoms with Gasteiger partial charge in [-0.1, -0.05) is 24.3 Å². The van der Waals surface area contributed by atoms with Crippen molar-refractivity contribution in [3.8, 4) is 0 Å². The summed E-state index contributed by atoms with van der Waals surface area (Å²) in [5.41, 5.74) is 0.0792. The van der Waals surface area contributed by atoms with Crippen LogP contribution in [0.3, 0.4) is 0 Å². The van der Waals surface area contributed by atoms with Crippen LogP contribution in [0.15, 0.2) is 36.4 Å². The predicted molar refractivity (Wildman–Crippen MR) is 58.0 cm³/mol. The van der Waals surface area contributed by atoms with E-state index < -0.39 is 5.60 Å². The summed E-state index contributed by atoms with van der Waals surface area (Å²) in [6.45, 7) is 0. The van der Waals surface area contributed by atoms with Crippen LogP contribution in [-0.2, 0) is 6.42 Å². The van der Waals surface area contributed by atoms with Crippen LogP contribution in [0.2, 0.25) is 0 Å². The second kappa shape index (κ2) is 4.15. The number of hydrogen-bond donors (Lipinski definition) is 1. The molecule has 0 saturated carbocycles. The van der Waals surface area contributed by atoms with Gasteiger partial charge in [0.2, 0.25) is 0 Å². The summed E-state index contributed by atoms with van der Waals surface area (Å²) in [5.74, 6) is -0.240. The first-order chi connectivity index (χ1) is 7.18. The van der Waals surface area contributed by atoms with Crippen molar-refractivity contribution >= 4 is 0 Å². The molecule has 0 radical (unpaired) electrons. The Morgan fingerprint density at radius 3 is 2.93 bits per heavy atom. The van der Waals surface area contributed by atoms with E-state index in [1.165, 1.54) is 12.1 Å². The Labute approximate surface area is 89.3 Å². The highest BCUT2D eigenvalue weighted by atomic mass is 19.1. The Morgan fingerprint density at radius 2 is 2.27 bits per heavy atom. The van der Waals surface area contributed by atoms with Crippen LogP contribution >= 0.6 is 0 Å². The number of hydrogen-bond acceptors (Lipinski definition) is 1. The topological polar surface area (TPSA) is 20.2 Å². The first-order valence-corrected chi connectivity index (χ1v) is 5.32. The van der Waals surface area contributed by atoms with Gasteiger partial charge in [-0.15, -0.1) is 0 Å². The number of allylic oxidation sites excluding steroid dienone is 1. The number of rotatable bonds is 2. The zero-order valence-corrected chi connectivity index (χ0v) is 8.62. The minimum atomic E-state index is -0.772. The summed E-state index contributed by atoms with van der Waals surface area (Å²) in [6.07, 6.45) is 7.15. The smallest absolute Gasteiger partial charge is 0.123 e. The van der Waals surface area contributed by atoms with E-state index in [4.69, 9.17) is 0 Å². The average molecular weight is 206 g/mol. The van der Waals surface area contributed by atoms with Crippen LogP contribution in [0.5, 0.6) is 0 Å². The summed E-state index contributed by atoms with van der Waals surface area (Å²) in [5, 5.41) is 10.2. The largest absolute Gasteiger partial charge is 0.385 e. The third kappa shape index (κ3) is 2.66. The van der Waals surface area contributed by atoms with Crippen LogP contribution in [0.4, 0.5) is 4.39 Å². The standard InChI is InChI=1S/C13H15FO/c14-12-6-4-5-11(9-12)10-13(15)7-2-1-3-8-13/h2,4-7,9,15H,1,3,8,10H2. The normalized spacial score (nSPS) is 25.5. The molecule has 0 bridgehead atoms. The van der Waals surface area contributed by atoms with Crippen molar-refractivity contribution < 1.29 is 9.50 Å². The highest BCUT2D eigenvalue weighted by Gasteiger charge is 2.25. The maximum Gasteiger partial charge on any atom is 0.123 e. The lowest BCUT2D eigenvalue weighted by molar-refractivity contribution is 0.0751. The molecule has 2 rings (SSSR count). The van der Waals surface area contributed by atoms with Gasteiger partial charge in [-0.2, -0.15) is 0 Å². The molecule has 0 aliphatic heterocycles. The molecule has 1 aromatic carbocycles. The minimum Gasteiger partial charge on any atom is -0.385 e. The molecule has 1 aliphatic rings. The maximum absolute atomic E-state index is 12.9. The SMILES string of the molecule is OC1(Cc2cccc(F)c2)C=CCCC1.